The normalized spacial score (nSPS) is 11.0. The van der Waals surface area contributed by atoms with Gasteiger partial charge in [0.1, 0.15) is 5.82 Å². The van der Waals surface area contributed by atoms with Crippen LogP contribution in [0.1, 0.15) is 30.7 Å². The fourth-order valence-electron chi connectivity index (χ4n) is 2.63. The largest absolute Gasteiger partial charge is 0.264 e. The summed E-state index contributed by atoms with van der Waals surface area (Å²) in [7, 11) is 0. The smallest absolute Gasteiger partial charge is 0.160 e. The van der Waals surface area contributed by atoms with Crippen LogP contribution in [0, 0.1) is 11.7 Å². The van der Waals surface area contributed by atoms with E-state index in [-0.39, 0.29) is 5.82 Å². The van der Waals surface area contributed by atoms with Crippen molar-refractivity contribution >= 4 is 0 Å². The van der Waals surface area contributed by atoms with E-state index >= 15 is 0 Å². The molecule has 0 amide bonds. The van der Waals surface area contributed by atoms with Gasteiger partial charge < -0.3 is 0 Å². The first-order valence-electron chi connectivity index (χ1n) is 8.12. The third-order valence-electron chi connectivity index (χ3n) is 3.81. The number of hydrogen-bond acceptors (Lipinski definition) is 3. The van der Waals surface area contributed by atoms with Crippen molar-refractivity contribution in [2.24, 2.45) is 5.92 Å². The first-order valence-corrected chi connectivity index (χ1v) is 8.12. The number of nitrogens with zero attached hydrogens (tertiary/aromatic N) is 3. The van der Waals surface area contributed by atoms with Gasteiger partial charge in [0.2, 0.25) is 0 Å². The molecule has 2 heterocycles. The molecule has 0 aliphatic rings. The number of aromatic nitrogens is 3. The topological polar surface area (TPSA) is 38.7 Å². The Hall–Kier alpha value is -2.62. The Bertz CT molecular complexity index is 816. The van der Waals surface area contributed by atoms with Crippen molar-refractivity contribution < 1.29 is 4.39 Å². The predicted molar refractivity (Wildman–Crippen MR) is 93.0 cm³/mol. The Morgan fingerprint density at radius 1 is 1.00 bits per heavy atom. The van der Waals surface area contributed by atoms with Crippen LogP contribution < -0.4 is 0 Å². The van der Waals surface area contributed by atoms with Gasteiger partial charge in [0.05, 0.1) is 0 Å². The Labute approximate surface area is 141 Å². The lowest BCUT2D eigenvalue weighted by Crippen LogP contribution is -2.07. The molecular formula is C20H20FN3. The molecule has 0 aliphatic carbocycles. The molecule has 2 aromatic heterocycles. The van der Waals surface area contributed by atoms with E-state index in [1.807, 2.05) is 30.5 Å². The monoisotopic (exact) mass is 321 g/mol. The van der Waals surface area contributed by atoms with Gasteiger partial charge in [-0.3, -0.25) is 4.98 Å². The van der Waals surface area contributed by atoms with Crippen LogP contribution in [-0.2, 0) is 12.8 Å². The van der Waals surface area contributed by atoms with Gasteiger partial charge in [-0.1, -0.05) is 32.0 Å². The number of pyridine rings is 1. The van der Waals surface area contributed by atoms with E-state index in [9.17, 15) is 4.39 Å². The van der Waals surface area contributed by atoms with E-state index in [0.717, 1.165) is 23.2 Å². The van der Waals surface area contributed by atoms with Crippen molar-refractivity contribution in [1.82, 2.24) is 15.0 Å². The van der Waals surface area contributed by atoms with Gasteiger partial charge in [0.25, 0.3) is 0 Å². The molecule has 0 spiro atoms. The summed E-state index contributed by atoms with van der Waals surface area (Å²) in [6.07, 6.45) is 6.64. The van der Waals surface area contributed by atoms with Gasteiger partial charge in [-0.05, 0) is 41.7 Å². The van der Waals surface area contributed by atoms with Crippen molar-refractivity contribution in [3.8, 4) is 11.4 Å². The zero-order chi connectivity index (χ0) is 16.9. The standard InChI is InChI=1S/C20H20FN3/c1-14(2)10-19-17(11-15-6-3-4-8-18(15)21)13-23-20(24-19)16-7-5-9-22-12-16/h3-9,12-14H,10-11H2,1-2H3. The second-order valence-corrected chi connectivity index (χ2v) is 6.27. The molecule has 0 unspecified atom stereocenters. The van der Waals surface area contributed by atoms with Crippen LogP contribution in [0.4, 0.5) is 4.39 Å². The minimum absolute atomic E-state index is 0.190. The van der Waals surface area contributed by atoms with Crippen molar-refractivity contribution in [2.45, 2.75) is 26.7 Å². The zero-order valence-corrected chi connectivity index (χ0v) is 13.9. The summed E-state index contributed by atoms with van der Waals surface area (Å²) in [5, 5.41) is 0. The Kier molecular flexibility index (Phi) is 4.94. The van der Waals surface area contributed by atoms with E-state index in [1.54, 1.807) is 18.5 Å². The number of rotatable bonds is 5. The van der Waals surface area contributed by atoms with Crippen molar-refractivity contribution in [2.75, 3.05) is 0 Å². The molecule has 0 radical (unpaired) electrons. The third-order valence-corrected chi connectivity index (χ3v) is 3.81. The predicted octanol–water partition coefficient (Wildman–Crippen LogP) is 4.47. The fraction of sp³-hybridized carbons (Fsp3) is 0.250. The molecule has 24 heavy (non-hydrogen) atoms. The Balaban J connectivity index is 1.98. The maximum Gasteiger partial charge on any atom is 0.160 e. The molecule has 0 N–H and O–H groups in total. The molecular weight excluding hydrogens is 301 g/mol. The minimum Gasteiger partial charge on any atom is -0.264 e. The number of benzene rings is 1. The van der Waals surface area contributed by atoms with E-state index in [2.05, 4.69) is 23.8 Å². The molecule has 0 aliphatic heterocycles. The number of hydrogen-bond donors (Lipinski definition) is 0. The quantitative estimate of drug-likeness (QED) is 0.696. The van der Waals surface area contributed by atoms with E-state index in [4.69, 9.17) is 4.98 Å². The van der Waals surface area contributed by atoms with Crippen LogP contribution in [0.25, 0.3) is 11.4 Å². The van der Waals surface area contributed by atoms with Crippen LogP contribution in [-0.4, -0.2) is 15.0 Å². The Morgan fingerprint density at radius 2 is 1.83 bits per heavy atom. The summed E-state index contributed by atoms with van der Waals surface area (Å²) in [6.45, 7) is 4.30. The summed E-state index contributed by atoms with van der Waals surface area (Å²) in [4.78, 5) is 13.3. The molecule has 3 aromatic rings. The maximum absolute atomic E-state index is 14.0. The average Bonchev–Trinajstić information content (AvgIpc) is 2.58. The van der Waals surface area contributed by atoms with Crippen molar-refractivity contribution in [3.63, 3.8) is 0 Å². The van der Waals surface area contributed by atoms with E-state index in [0.29, 0.717) is 23.7 Å². The highest BCUT2D eigenvalue weighted by molar-refractivity contribution is 5.53. The summed E-state index contributed by atoms with van der Waals surface area (Å²) < 4.78 is 14.0. The summed E-state index contributed by atoms with van der Waals surface area (Å²) in [6, 6.07) is 10.7. The summed E-state index contributed by atoms with van der Waals surface area (Å²) in [5.41, 5.74) is 3.50. The molecule has 1 aromatic carbocycles. The summed E-state index contributed by atoms with van der Waals surface area (Å²) >= 11 is 0. The lowest BCUT2D eigenvalue weighted by molar-refractivity contribution is 0.610. The Morgan fingerprint density at radius 3 is 2.54 bits per heavy atom. The molecule has 0 fully saturated rings. The van der Waals surface area contributed by atoms with Gasteiger partial charge in [-0.15, -0.1) is 0 Å². The number of halogens is 1. The van der Waals surface area contributed by atoms with Crippen LogP contribution in [0.2, 0.25) is 0 Å². The first kappa shape index (κ1) is 16.2. The molecule has 122 valence electrons. The van der Waals surface area contributed by atoms with Crippen molar-refractivity contribution in [1.29, 1.82) is 0 Å². The SMILES string of the molecule is CC(C)Cc1nc(-c2cccnc2)ncc1Cc1ccccc1F. The lowest BCUT2D eigenvalue weighted by Gasteiger charge is -2.12. The molecule has 0 saturated heterocycles. The van der Waals surface area contributed by atoms with Crippen LogP contribution in [0.3, 0.4) is 0 Å². The molecule has 3 rings (SSSR count). The second-order valence-electron chi connectivity index (χ2n) is 6.27. The molecule has 0 bridgehead atoms. The van der Waals surface area contributed by atoms with E-state index in [1.165, 1.54) is 6.07 Å². The molecule has 0 atom stereocenters. The highest BCUT2D eigenvalue weighted by Gasteiger charge is 2.12. The maximum atomic E-state index is 14.0. The third kappa shape index (κ3) is 3.82. The molecule has 3 nitrogen and oxygen atoms in total. The van der Waals surface area contributed by atoms with Gasteiger partial charge in [-0.2, -0.15) is 0 Å². The lowest BCUT2D eigenvalue weighted by atomic mass is 9.99. The minimum atomic E-state index is -0.190. The van der Waals surface area contributed by atoms with Crippen LogP contribution in [0.5, 0.6) is 0 Å². The first-order chi connectivity index (χ1) is 11.6. The van der Waals surface area contributed by atoms with Crippen LogP contribution >= 0.6 is 0 Å². The van der Waals surface area contributed by atoms with Crippen molar-refractivity contribution in [3.05, 3.63) is 77.6 Å². The fourth-order valence-corrected chi connectivity index (χ4v) is 2.63. The van der Waals surface area contributed by atoms with Gasteiger partial charge in [0.15, 0.2) is 5.82 Å². The highest BCUT2D eigenvalue weighted by Crippen LogP contribution is 2.21. The second kappa shape index (κ2) is 7.30. The van der Waals surface area contributed by atoms with Gasteiger partial charge in [0, 0.05) is 36.3 Å². The molecule has 0 saturated carbocycles. The highest BCUT2D eigenvalue weighted by atomic mass is 19.1. The molecule has 4 heteroatoms. The van der Waals surface area contributed by atoms with E-state index < -0.39 is 0 Å². The zero-order valence-electron chi connectivity index (χ0n) is 13.9. The van der Waals surface area contributed by atoms with Crippen LogP contribution in [0.15, 0.2) is 55.0 Å². The summed E-state index contributed by atoms with van der Waals surface area (Å²) in [5.74, 6) is 0.932. The van der Waals surface area contributed by atoms with Gasteiger partial charge >= 0.3 is 0 Å². The van der Waals surface area contributed by atoms with Gasteiger partial charge in [-0.25, -0.2) is 14.4 Å². The average molecular weight is 321 g/mol.